The Morgan fingerprint density at radius 3 is 2.88 bits per heavy atom. The highest BCUT2D eigenvalue weighted by molar-refractivity contribution is 6.08. The smallest absolute Gasteiger partial charge is 0.328 e. The van der Waals surface area contributed by atoms with Gasteiger partial charge in [-0.05, 0) is 35.8 Å². The summed E-state index contributed by atoms with van der Waals surface area (Å²) in [5.74, 6) is -0.823. The molecule has 0 fully saturated rings. The predicted molar refractivity (Wildman–Crippen MR) is 95.1 cm³/mol. The lowest BCUT2D eigenvalue weighted by Crippen LogP contribution is -2.29. The third-order valence-corrected chi connectivity index (χ3v) is 4.49. The van der Waals surface area contributed by atoms with Gasteiger partial charge in [0.05, 0.1) is 12.0 Å². The number of benzene rings is 1. The Morgan fingerprint density at radius 1 is 1.23 bits per heavy atom. The SMILES string of the molecule is O=C(O)/C=C/c1ccc2c(c1)N(C(=O)c1cnc3c(c1)CC(=O)N3)CC2. The summed E-state index contributed by atoms with van der Waals surface area (Å²) in [5.41, 5.74) is 3.68. The van der Waals surface area contributed by atoms with E-state index in [1.165, 1.54) is 12.3 Å². The normalized spacial score (nSPS) is 15.1. The fourth-order valence-electron chi connectivity index (χ4n) is 3.26. The molecule has 1 aromatic heterocycles. The zero-order valence-corrected chi connectivity index (χ0v) is 13.7. The average Bonchev–Trinajstić information content (AvgIpc) is 3.20. The third-order valence-electron chi connectivity index (χ3n) is 4.49. The van der Waals surface area contributed by atoms with Gasteiger partial charge in [0.1, 0.15) is 5.82 Å². The number of hydrogen-bond donors (Lipinski definition) is 2. The molecule has 0 saturated carbocycles. The van der Waals surface area contributed by atoms with Crippen LogP contribution in [0.3, 0.4) is 0 Å². The van der Waals surface area contributed by atoms with Crippen LogP contribution in [0, 0.1) is 0 Å². The van der Waals surface area contributed by atoms with Gasteiger partial charge in [0.25, 0.3) is 5.91 Å². The molecule has 2 N–H and O–H groups in total. The maximum atomic E-state index is 12.9. The summed E-state index contributed by atoms with van der Waals surface area (Å²) in [5, 5.41) is 11.4. The zero-order chi connectivity index (χ0) is 18.3. The van der Waals surface area contributed by atoms with Gasteiger partial charge in [-0.25, -0.2) is 9.78 Å². The van der Waals surface area contributed by atoms with E-state index in [1.54, 1.807) is 11.0 Å². The Hall–Kier alpha value is -3.48. The molecule has 130 valence electrons. The number of carboxylic acid groups (broad SMARTS) is 1. The first-order valence-corrected chi connectivity index (χ1v) is 8.16. The van der Waals surface area contributed by atoms with E-state index in [-0.39, 0.29) is 18.2 Å². The van der Waals surface area contributed by atoms with Gasteiger partial charge in [-0.3, -0.25) is 9.59 Å². The molecule has 0 bridgehead atoms. The molecule has 26 heavy (non-hydrogen) atoms. The van der Waals surface area contributed by atoms with Crippen molar-refractivity contribution in [2.45, 2.75) is 12.8 Å². The fraction of sp³-hybridized carbons (Fsp3) is 0.158. The second-order valence-electron chi connectivity index (χ2n) is 6.22. The standard InChI is InChI=1S/C19H15N3O4/c23-16-9-13-8-14(10-20-18(13)21-16)19(26)22-6-5-12-3-1-11(7-15(12)22)2-4-17(24)25/h1-4,7-8,10H,5-6,9H2,(H,24,25)(H,20,21,23)/b4-2+. The van der Waals surface area contributed by atoms with Crippen LogP contribution in [-0.2, 0) is 22.4 Å². The summed E-state index contributed by atoms with van der Waals surface area (Å²) in [6, 6.07) is 7.26. The van der Waals surface area contributed by atoms with Gasteiger partial charge in [0, 0.05) is 30.1 Å². The molecule has 7 heteroatoms. The van der Waals surface area contributed by atoms with E-state index in [9.17, 15) is 14.4 Å². The molecule has 2 amide bonds. The number of nitrogens with one attached hydrogen (secondary N) is 1. The first-order valence-electron chi connectivity index (χ1n) is 8.16. The molecule has 0 radical (unpaired) electrons. The number of aromatic nitrogens is 1. The van der Waals surface area contributed by atoms with Crippen LogP contribution in [0.15, 0.2) is 36.5 Å². The number of hydrogen-bond acceptors (Lipinski definition) is 4. The molecule has 2 aromatic rings. The van der Waals surface area contributed by atoms with E-state index in [4.69, 9.17) is 5.11 Å². The van der Waals surface area contributed by atoms with Crippen LogP contribution in [0.5, 0.6) is 0 Å². The summed E-state index contributed by atoms with van der Waals surface area (Å²) >= 11 is 0. The Kier molecular flexibility index (Phi) is 3.76. The maximum Gasteiger partial charge on any atom is 0.328 e. The monoisotopic (exact) mass is 349 g/mol. The summed E-state index contributed by atoms with van der Waals surface area (Å²) in [7, 11) is 0. The first-order chi connectivity index (χ1) is 12.5. The Morgan fingerprint density at radius 2 is 2.08 bits per heavy atom. The first kappa shape index (κ1) is 16.0. The number of nitrogens with zero attached hydrogens (tertiary/aromatic N) is 2. The molecule has 0 atom stereocenters. The summed E-state index contributed by atoms with van der Waals surface area (Å²) in [4.78, 5) is 40.9. The predicted octanol–water partition coefficient (Wildman–Crippen LogP) is 1.88. The molecular weight excluding hydrogens is 334 g/mol. The van der Waals surface area contributed by atoms with Crippen LogP contribution in [0.2, 0.25) is 0 Å². The van der Waals surface area contributed by atoms with Crippen molar-refractivity contribution >= 4 is 35.4 Å². The Labute approximate surface area is 149 Å². The number of pyridine rings is 1. The Bertz CT molecular complexity index is 981. The van der Waals surface area contributed by atoms with Crippen LogP contribution in [-0.4, -0.2) is 34.4 Å². The van der Waals surface area contributed by atoms with Crippen molar-refractivity contribution in [3.63, 3.8) is 0 Å². The number of carbonyl (C=O) groups excluding carboxylic acids is 2. The third kappa shape index (κ3) is 2.83. The minimum absolute atomic E-state index is 0.126. The van der Waals surface area contributed by atoms with Crippen molar-refractivity contribution in [2.75, 3.05) is 16.8 Å². The number of anilines is 2. The molecular formula is C19H15N3O4. The van der Waals surface area contributed by atoms with Gasteiger partial charge in [-0.1, -0.05) is 12.1 Å². The average molecular weight is 349 g/mol. The summed E-state index contributed by atoms with van der Waals surface area (Å²) in [6.07, 6.45) is 5.00. The van der Waals surface area contributed by atoms with Gasteiger partial charge in [0.2, 0.25) is 5.91 Å². The van der Waals surface area contributed by atoms with Crippen LogP contribution >= 0.6 is 0 Å². The topological polar surface area (TPSA) is 99.6 Å². The number of carbonyl (C=O) groups is 3. The molecule has 0 unspecified atom stereocenters. The summed E-state index contributed by atoms with van der Waals surface area (Å²) in [6.45, 7) is 0.550. The molecule has 1 aromatic carbocycles. The highest BCUT2D eigenvalue weighted by Crippen LogP contribution is 2.31. The minimum atomic E-state index is -1.02. The lowest BCUT2D eigenvalue weighted by atomic mass is 10.1. The van der Waals surface area contributed by atoms with Gasteiger partial charge < -0.3 is 15.3 Å². The number of amides is 2. The largest absolute Gasteiger partial charge is 0.478 e. The lowest BCUT2D eigenvalue weighted by molar-refractivity contribution is -0.131. The van der Waals surface area contributed by atoms with Crippen molar-refractivity contribution < 1.29 is 19.5 Å². The minimum Gasteiger partial charge on any atom is -0.478 e. The van der Waals surface area contributed by atoms with Crippen LogP contribution in [0.4, 0.5) is 11.5 Å². The van der Waals surface area contributed by atoms with E-state index in [0.29, 0.717) is 23.5 Å². The van der Waals surface area contributed by atoms with Crippen molar-refractivity contribution in [1.29, 1.82) is 0 Å². The highest BCUT2D eigenvalue weighted by atomic mass is 16.4. The number of rotatable bonds is 3. The van der Waals surface area contributed by atoms with E-state index in [0.717, 1.165) is 29.3 Å². The quantitative estimate of drug-likeness (QED) is 0.824. The molecule has 0 spiro atoms. The molecule has 0 aliphatic carbocycles. The number of aliphatic carboxylic acids is 1. The molecule has 4 rings (SSSR count). The Balaban J connectivity index is 1.63. The van der Waals surface area contributed by atoms with Crippen molar-refractivity contribution in [1.82, 2.24) is 4.98 Å². The molecule has 3 heterocycles. The van der Waals surface area contributed by atoms with Gasteiger partial charge >= 0.3 is 5.97 Å². The molecule has 7 nitrogen and oxygen atoms in total. The van der Waals surface area contributed by atoms with Crippen LogP contribution in [0.25, 0.3) is 6.08 Å². The van der Waals surface area contributed by atoms with Crippen molar-refractivity contribution in [3.8, 4) is 0 Å². The van der Waals surface area contributed by atoms with Crippen molar-refractivity contribution in [3.05, 3.63) is 58.8 Å². The van der Waals surface area contributed by atoms with Gasteiger partial charge in [-0.2, -0.15) is 0 Å². The fourth-order valence-corrected chi connectivity index (χ4v) is 3.26. The van der Waals surface area contributed by atoms with Crippen LogP contribution in [0.1, 0.15) is 27.0 Å². The number of fused-ring (bicyclic) bond motifs is 2. The van der Waals surface area contributed by atoms with Gasteiger partial charge in [0.15, 0.2) is 0 Å². The van der Waals surface area contributed by atoms with Gasteiger partial charge in [-0.15, -0.1) is 0 Å². The van der Waals surface area contributed by atoms with E-state index in [1.807, 2.05) is 18.2 Å². The zero-order valence-electron chi connectivity index (χ0n) is 13.7. The van der Waals surface area contributed by atoms with E-state index >= 15 is 0 Å². The second-order valence-corrected chi connectivity index (χ2v) is 6.22. The molecule has 2 aliphatic heterocycles. The van der Waals surface area contributed by atoms with E-state index in [2.05, 4.69) is 10.3 Å². The van der Waals surface area contributed by atoms with Crippen LogP contribution < -0.4 is 10.2 Å². The van der Waals surface area contributed by atoms with E-state index < -0.39 is 5.97 Å². The highest BCUT2D eigenvalue weighted by Gasteiger charge is 2.27. The van der Waals surface area contributed by atoms with Crippen molar-refractivity contribution in [2.24, 2.45) is 0 Å². The maximum absolute atomic E-state index is 12.9. The second kappa shape index (κ2) is 6.11. The number of carboxylic acids is 1. The molecule has 0 saturated heterocycles. The summed E-state index contributed by atoms with van der Waals surface area (Å²) < 4.78 is 0. The lowest BCUT2D eigenvalue weighted by Gasteiger charge is -2.18. The molecule has 2 aliphatic rings.